The first-order valence-electron chi connectivity index (χ1n) is 5.14. The highest BCUT2D eigenvalue weighted by Crippen LogP contribution is 2.37. The Kier molecular flexibility index (Phi) is 3.06. The first-order chi connectivity index (χ1) is 8.09. The van der Waals surface area contributed by atoms with Crippen molar-refractivity contribution in [2.75, 3.05) is 0 Å². The van der Waals surface area contributed by atoms with E-state index in [-0.39, 0.29) is 15.4 Å². The molecule has 2 nitrogen and oxygen atoms in total. The molecule has 2 aromatic rings. The predicted octanol–water partition coefficient (Wildman–Crippen LogP) is 4.66. The number of nitrogens with zero attached hydrogens (tertiary/aromatic N) is 2. The summed E-state index contributed by atoms with van der Waals surface area (Å²) in [6, 6.07) is 1.75. The largest absolute Gasteiger partial charge is 0.451 e. The molecule has 2 aromatic heterocycles. The van der Waals surface area contributed by atoms with Crippen LogP contribution in [0.15, 0.2) is 6.07 Å². The maximum atomic E-state index is 12.6. The van der Waals surface area contributed by atoms with E-state index in [1.165, 1.54) is 11.3 Å². The Morgan fingerprint density at radius 1 is 1.17 bits per heavy atom. The molecule has 0 unspecified atom stereocenters. The first kappa shape index (κ1) is 13.5. The summed E-state index contributed by atoms with van der Waals surface area (Å²) in [5, 5.41) is 0.318. The van der Waals surface area contributed by atoms with Gasteiger partial charge >= 0.3 is 6.18 Å². The van der Waals surface area contributed by atoms with Crippen molar-refractivity contribution in [3.63, 3.8) is 0 Å². The van der Waals surface area contributed by atoms with Crippen LogP contribution in [0.25, 0.3) is 10.2 Å². The van der Waals surface area contributed by atoms with E-state index in [4.69, 9.17) is 11.6 Å². The molecule has 0 atom stereocenters. The first-order valence-corrected chi connectivity index (χ1v) is 6.33. The van der Waals surface area contributed by atoms with Crippen LogP contribution in [0.2, 0.25) is 5.15 Å². The quantitative estimate of drug-likeness (QED) is 0.660. The van der Waals surface area contributed by atoms with E-state index < -0.39 is 12.0 Å². The summed E-state index contributed by atoms with van der Waals surface area (Å²) < 4.78 is 37.7. The summed E-state index contributed by atoms with van der Waals surface area (Å²) in [6.45, 7) is 5.93. The van der Waals surface area contributed by atoms with Crippen LogP contribution in [0, 0.1) is 0 Å². The Bertz CT molecular complexity index is 599. The normalized spacial score (nSPS) is 13.3. The second-order valence-electron chi connectivity index (χ2n) is 4.92. The number of halogens is 4. The van der Waals surface area contributed by atoms with E-state index in [1.807, 2.05) is 20.8 Å². The molecule has 2 heterocycles. The molecule has 0 spiro atoms. The minimum absolute atomic E-state index is 0.154. The third-order valence-corrected chi connectivity index (χ3v) is 4.08. The fraction of sp³-hybridized carbons (Fsp3) is 0.455. The number of aromatic nitrogens is 2. The molecule has 98 valence electrons. The summed E-state index contributed by atoms with van der Waals surface area (Å²) in [5.41, 5.74) is -0.160. The molecular formula is C11H10ClF3N2S. The van der Waals surface area contributed by atoms with E-state index in [1.54, 1.807) is 6.07 Å². The standard InChI is InChI=1S/C11H10ClF3N2S/c1-10(2,3)6-4-5-7(12)16-9(11(13,14)15)17-8(5)18-6/h4H,1-3H3. The van der Waals surface area contributed by atoms with E-state index in [0.29, 0.717) is 5.39 Å². The van der Waals surface area contributed by atoms with Crippen LogP contribution in [-0.2, 0) is 11.6 Å². The molecule has 0 radical (unpaired) electrons. The van der Waals surface area contributed by atoms with Gasteiger partial charge in [0.2, 0.25) is 5.82 Å². The van der Waals surface area contributed by atoms with Crippen molar-refractivity contribution in [3.8, 4) is 0 Å². The molecular weight excluding hydrogens is 285 g/mol. The molecule has 0 amide bonds. The van der Waals surface area contributed by atoms with Crippen molar-refractivity contribution >= 4 is 33.2 Å². The van der Waals surface area contributed by atoms with Gasteiger partial charge < -0.3 is 0 Å². The minimum Gasteiger partial charge on any atom is -0.213 e. The van der Waals surface area contributed by atoms with E-state index in [2.05, 4.69) is 9.97 Å². The molecule has 0 fully saturated rings. The number of hydrogen-bond donors (Lipinski definition) is 0. The van der Waals surface area contributed by atoms with Crippen LogP contribution >= 0.6 is 22.9 Å². The van der Waals surface area contributed by atoms with Crippen LogP contribution < -0.4 is 0 Å². The van der Waals surface area contributed by atoms with Crippen molar-refractivity contribution in [1.29, 1.82) is 0 Å². The highest BCUT2D eigenvalue weighted by atomic mass is 35.5. The summed E-state index contributed by atoms with van der Waals surface area (Å²) in [6.07, 6.45) is -4.58. The zero-order valence-electron chi connectivity index (χ0n) is 9.89. The molecule has 0 aliphatic heterocycles. The lowest BCUT2D eigenvalue weighted by Crippen LogP contribution is -2.10. The zero-order chi connectivity index (χ0) is 13.7. The van der Waals surface area contributed by atoms with Crippen molar-refractivity contribution in [1.82, 2.24) is 9.97 Å². The molecule has 18 heavy (non-hydrogen) atoms. The fourth-order valence-electron chi connectivity index (χ4n) is 1.38. The summed E-state index contributed by atoms with van der Waals surface area (Å²) in [4.78, 5) is 8.04. The number of rotatable bonds is 0. The molecule has 2 rings (SSSR count). The molecule has 0 bridgehead atoms. The second-order valence-corrected chi connectivity index (χ2v) is 6.30. The van der Waals surface area contributed by atoms with Gasteiger partial charge in [-0.25, -0.2) is 9.97 Å². The minimum atomic E-state index is -4.58. The van der Waals surface area contributed by atoms with Crippen LogP contribution in [0.1, 0.15) is 31.5 Å². The van der Waals surface area contributed by atoms with Gasteiger partial charge in [0.1, 0.15) is 9.98 Å². The Balaban J connectivity index is 2.67. The van der Waals surface area contributed by atoms with Gasteiger partial charge in [-0.3, -0.25) is 0 Å². The van der Waals surface area contributed by atoms with E-state index in [0.717, 1.165) is 4.88 Å². The van der Waals surface area contributed by atoms with Crippen LogP contribution in [0.3, 0.4) is 0 Å². The smallest absolute Gasteiger partial charge is 0.213 e. The molecule has 7 heteroatoms. The van der Waals surface area contributed by atoms with Gasteiger partial charge in [0, 0.05) is 10.3 Å². The summed E-state index contributed by atoms with van der Waals surface area (Å²) in [7, 11) is 0. The van der Waals surface area contributed by atoms with Crippen LogP contribution in [0.4, 0.5) is 13.2 Å². The Labute approximate surface area is 111 Å². The Morgan fingerprint density at radius 3 is 2.28 bits per heavy atom. The third kappa shape index (κ3) is 2.44. The topological polar surface area (TPSA) is 25.8 Å². The second kappa shape index (κ2) is 4.06. The van der Waals surface area contributed by atoms with Gasteiger partial charge in [0.15, 0.2) is 0 Å². The maximum absolute atomic E-state index is 12.6. The predicted molar refractivity (Wildman–Crippen MR) is 66.1 cm³/mol. The van der Waals surface area contributed by atoms with Gasteiger partial charge in [-0.1, -0.05) is 32.4 Å². The average Bonchev–Trinajstić information content (AvgIpc) is 2.59. The van der Waals surface area contributed by atoms with E-state index >= 15 is 0 Å². The molecule has 0 aliphatic rings. The average molecular weight is 295 g/mol. The van der Waals surface area contributed by atoms with Crippen molar-refractivity contribution in [2.24, 2.45) is 0 Å². The van der Waals surface area contributed by atoms with Gasteiger partial charge in [0.25, 0.3) is 0 Å². The van der Waals surface area contributed by atoms with Crippen molar-refractivity contribution < 1.29 is 13.2 Å². The fourth-order valence-corrected chi connectivity index (χ4v) is 2.75. The Hall–Kier alpha value is -0.880. The van der Waals surface area contributed by atoms with Crippen molar-refractivity contribution in [3.05, 3.63) is 21.9 Å². The number of alkyl halides is 3. The summed E-state index contributed by atoms with van der Waals surface area (Å²) in [5.74, 6) is -1.19. The lowest BCUT2D eigenvalue weighted by Gasteiger charge is -2.14. The van der Waals surface area contributed by atoms with Crippen LogP contribution in [-0.4, -0.2) is 9.97 Å². The number of hydrogen-bond acceptors (Lipinski definition) is 3. The molecule has 0 saturated heterocycles. The van der Waals surface area contributed by atoms with Gasteiger partial charge in [-0.15, -0.1) is 11.3 Å². The lowest BCUT2D eigenvalue weighted by atomic mass is 9.94. The summed E-state index contributed by atoms with van der Waals surface area (Å²) >= 11 is 7.00. The molecule has 0 aromatic carbocycles. The van der Waals surface area contributed by atoms with Crippen molar-refractivity contribution in [2.45, 2.75) is 32.4 Å². The Morgan fingerprint density at radius 2 is 1.78 bits per heavy atom. The highest BCUT2D eigenvalue weighted by Gasteiger charge is 2.36. The van der Waals surface area contributed by atoms with Crippen LogP contribution in [0.5, 0.6) is 0 Å². The number of thiophene rings is 1. The third-order valence-electron chi connectivity index (χ3n) is 2.34. The molecule has 0 saturated carbocycles. The van der Waals surface area contributed by atoms with Gasteiger partial charge in [-0.05, 0) is 11.5 Å². The highest BCUT2D eigenvalue weighted by molar-refractivity contribution is 7.18. The molecule has 0 N–H and O–H groups in total. The van der Waals surface area contributed by atoms with Gasteiger partial charge in [0.05, 0.1) is 0 Å². The monoisotopic (exact) mass is 294 g/mol. The van der Waals surface area contributed by atoms with Gasteiger partial charge in [-0.2, -0.15) is 13.2 Å². The lowest BCUT2D eigenvalue weighted by molar-refractivity contribution is -0.144. The number of fused-ring (bicyclic) bond motifs is 1. The SMILES string of the molecule is CC(C)(C)c1cc2c(Cl)nc(C(F)(F)F)nc2s1. The molecule has 0 aliphatic carbocycles. The zero-order valence-corrected chi connectivity index (χ0v) is 11.5. The maximum Gasteiger partial charge on any atom is 0.451 e. The van der Waals surface area contributed by atoms with E-state index in [9.17, 15) is 13.2 Å².